The summed E-state index contributed by atoms with van der Waals surface area (Å²) in [5, 5.41) is 3.85. The zero-order valence-electron chi connectivity index (χ0n) is 13.2. The number of rotatable bonds is 3. The first-order chi connectivity index (χ1) is 10.4. The molecule has 0 amide bonds. The fourth-order valence-corrected chi connectivity index (χ4v) is 3.57. The van der Waals surface area contributed by atoms with Gasteiger partial charge in [0.15, 0.2) is 0 Å². The Bertz CT molecular complexity index is 1010. The Morgan fingerprint density at radius 2 is 1.65 bits per heavy atom. The van der Waals surface area contributed by atoms with E-state index in [-0.39, 0.29) is 34.5 Å². The first-order valence-electron chi connectivity index (χ1n) is 6.91. The minimum Gasteiger partial charge on any atom is -0.744 e. The second-order valence-corrected chi connectivity index (χ2v) is 6.86. The standard InChI is InChI=1S/C18H16O3S.Na/c1-12(2)11-17-16-8-7-13-5-3-4-6-14(13)15(16)9-10-18(17)22(19,20)21;/h3-10H,1,11H2,2H3,(H,19,20,21);/q;+1/p-1. The van der Waals surface area contributed by atoms with Crippen LogP contribution in [0.3, 0.4) is 0 Å². The van der Waals surface area contributed by atoms with Crippen molar-refractivity contribution in [2.45, 2.75) is 18.2 Å². The molecule has 3 aromatic carbocycles. The summed E-state index contributed by atoms with van der Waals surface area (Å²) in [6.45, 7) is 5.67. The number of benzene rings is 3. The topological polar surface area (TPSA) is 57.2 Å². The molecule has 0 aliphatic carbocycles. The molecule has 0 heterocycles. The van der Waals surface area contributed by atoms with E-state index in [0.29, 0.717) is 12.0 Å². The molecule has 23 heavy (non-hydrogen) atoms. The van der Waals surface area contributed by atoms with Crippen LogP contribution in [0.2, 0.25) is 0 Å². The Morgan fingerprint density at radius 3 is 2.30 bits per heavy atom. The normalized spacial score (nSPS) is 11.4. The van der Waals surface area contributed by atoms with Crippen LogP contribution in [0.25, 0.3) is 21.5 Å². The van der Waals surface area contributed by atoms with Crippen molar-refractivity contribution in [3.8, 4) is 0 Å². The molecule has 0 aliphatic rings. The van der Waals surface area contributed by atoms with E-state index in [4.69, 9.17) is 0 Å². The molecule has 0 aromatic heterocycles. The smallest absolute Gasteiger partial charge is 0.744 e. The van der Waals surface area contributed by atoms with Gasteiger partial charge in [-0.05, 0) is 46.5 Å². The van der Waals surface area contributed by atoms with Crippen molar-refractivity contribution in [2.75, 3.05) is 0 Å². The summed E-state index contributed by atoms with van der Waals surface area (Å²) in [5.74, 6) is 0. The Balaban J connectivity index is 0.00000192. The molecule has 3 rings (SSSR count). The van der Waals surface area contributed by atoms with Gasteiger partial charge >= 0.3 is 29.6 Å². The Morgan fingerprint density at radius 1 is 1.00 bits per heavy atom. The van der Waals surface area contributed by atoms with Crippen molar-refractivity contribution in [1.29, 1.82) is 0 Å². The van der Waals surface area contributed by atoms with Crippen LogP contribution < -0.4 is 29.6 Å². The van der Waals surface area contributed by atoms with Gasteiger partial charge in [0.05, 0.1) is 4.90 Å². The SMILES string of the molecule is C=C(C)Cc1c(S(=O)(=O)[O-])ccc2c1ccc1ccccc12.[Na+]. The Hall–Kier alpha value is -1.17. The fraction of sp³-hybridized carbons (Fsp3) is 0.111. The van der Waals surface area contributed by atoms with Crippen LogP contribution in [0, 0.1) is 0 Å². The van der Waals surface area contributed by atoms with Crippen molar-refractivity contribution >= 4 is 31.7 Å². The predicted molar refractivity (Wildman–Crippen MR) is 87.9 cm³/mol. The Labute approximate surface area is 158 Å². The molecule has 0 bridgehead atoms. The van der Waals surface area contributed by atoms with Gasteiger partial charge in [-0.15, -0.1) is 0 Å². The number of hydrogen-bond donors (Lipinski definition) is 0. The maximum atomic E-state index is 11.6. The molecule has 0 unspecified atom stereocenters. The number of allylic oxidation sites excluding steroid dienone is 1. The summed E-state index contributed by atoms with van der Waals surface area (Å²) < 4.78 is 34.7. The van der Waals surface area contributed by atoms with Crippen LogP contribution in [-0.4, -0.2) is 13.0 Å². The second kappa shape index (κ2) is 6.75. The molecule has 0 spiro atoms. The van der Waals surface area contributed by atoms with Gasteiger partial charge in [-0.1, -0.05) is 54.6 Å². The first-order valence-corrected chi connectivity index (χ1v) is 8.32. The predicted octanol–water partition coefficient (Wildman–Crippen LogP) is 1.02. The zero-order valence-corrected chi connectivity index (χ0v) is 16.0. The monoisotopic (exact) mass is 334 g/mol. The van der Waals surface area contributed by atoms with Gasteiger partial charge in [-0.2, -0.15) is 0 Å². The van der Waals surface area contributed by atoms with E-state index in [1.165, 1.54) is 6.07 Å². The molecular weight excluding hydrogens is 319 g/mol. The summed E-state index contributed by atoms with van der Waals surface area (Å²) in [7, 11) is -4.51. The van der Waals surface area contributed by atoms with Crippen LogP contribution in [0.5, 0.6) is 0 Å². The van der Waals surface area contributed by atoms with E-state index in [0.717, 1.165) is 27.1 Å². The van der Waals surface area contributed by atoms with E-state index in [1.54, 1.807) is 6.07 Å². The van der Waals surface area contributed by atoms with Crippen LogP contribution in [0.1, 0.15) is 12.5 Å². The molecule has 3 nitrogen and oxygen atoms in total. The van der Waals surface area contributed by atoms with Crippen molar-refractivity contribution in [1.82, 2.24) is 0 Å². The first kappa shape index (κ1) is 18.2. The average Bonchev–Trinajstić information content (AvgIpc) is 2.45. The largest absolute Gasteiger partial charge is 1.00 e. The van der Waals surface area contributed by atoms with Gasteiger partial charge in [0.25, 0.3) is 0 Å². The fourth-order valence-electron chi connectivity index (χ4n) is 2.85. The van der Waals surface area contributed by atoms with Crippen molar-refractivity contribution in [3.63, 3.8) is 0 Å². The molecule has 3 aromatic rings. The zero-order chi connectivity index (χ0) is 15.9. The van der Waals surface area contributed by atoms with Crippen molar-refractivity contribution < 1.29 is 42.5 Å². The van der Waals surface area contributed by atoms with Crippen LogP contribution >= 0.6 is 0 Å². The van der Waals surface area contributed by atoms with Crippen LogP contribution in [0.4, 0.5) is 0 Å². The van der Waals surface area contributed by atoms with E-state index < -0.39 is 10.1 Å². The molecule has 0 atom stereocenters. The maximum Gasteiger partial charge on any atom is 1.00 e. The van der Waals surface area contributed by atoms with Crippen LogP contribution in [-0.2, 0) is 16.5 Å². The molecule has 0 fully saturated rings. The molecule has 0 saturated carbocycles. The third-order valence-electron chi connectivity index (χ3n) is 3.74. The molecular formula is C18H15NaO3S. The summed E-state index contributed by atoms with van der Waals surface area (Å²) in [4.78, 5) is -0.154. The van der Waals surface area contributed by atoms with Crippen molar-refractivity contribution in [3.05, 3.63) is 66.2 Å². The summed E-state index contributed by atoms with van der Waals surface area (Å²) in [6, 6.07) is 14.8. The van der Waals surface area contributed by atoms with Gasteiger partial charge in [0.1, 0.15) is 10.1 Å². The van der Waals surface area contributed by atoms with E-state index >= 15 is 0 Å². The second-order valence-electron chi connectivity index (χ2n) is 5.51. The van der Waals surface area contributed by atoms with Crippen LogP contribution in [0.15, 0.2) is 65.6 Å². The minimum atomic E-state index is -4.51. The molecule has 0 aliphatic heterocycles. The summed E-state index contributed by atoms with van der Waals surface area (Å²) in [6.07, 6.45) is 0.368. The van der Waals surface area contributed by atoms with Gasteiger partial charge in [0, 0.05) is 0 Å². The third kappa shape index (κ3) is 3.52. The summed E-state index contributed by atoms with van der Waals surface area (Å²) in [5.41, 5.74) is 1.34. The summed E-state index contributed by atoms with van der Waals surface area (Å²) >= 11 is 0. The van der Waals surface area contributed by atoms with E-state index in [2.05, 4.69) is 6.58 Å². The molecule has 0 saturated heterocycles. The van der Waals surface area contributed by atoms with Gasteiger partial charge < -0.3 is 4.55 Å². The Kier molecular flexibility index (Phi) is 5.33. The van der Waals surface area contributed by atoms with Gasteiger partial charge in [-0.25, -0.2) is 8.42 Å². The molecule has 112 valence electrons. The molecule has 0 N–H and O–H groups in total. The quantitative estimate of drug-likeness (QED) is 0.311. The number of fused-ring (bicyclic) bond motifs is 3. The average molecular weight is 334 g/mol. The third-order valence-corrected chi connectivity index (χ3v) is 4.66. The van der Waals surface area contributed by atoms with Crippen molar-refractivity contribution in [2.24, 2.45) is 0 Å². The maximum absolute atomic E-state index is 11.6. The molecule has 0 radical (unpaired) electrons. The minimum absolute atomic E-state index is 0. The number of hydrogen-bond acceptors (Lipinski definition) is 3. The van der Waals surface area contributed by atoms with E-state index in [1.807, 2.05) is 43.3 Å². The van der Waals surface area contributed by atoms with Gasteiger partial charge in [-0.3, -0.25) is 0 Å². The molecule has 5 heteroatoms. The van der Waals surface area contributed by atoms with Gasteiger partial charge in [0.2, 0.25) is 0 Å². The van der Waals surface area contributed by atoms with E-state index in [9.17, 15) is 13.0 Å².